The molecule has 106 valence electrons. The van der Waals surface area contributed by atoms with Crippen LogP contribution >= 0.6 is 0 Å². The Bertz CT molecular complexity index is 275. The second-order valence-electron chi connectivity index (χ2n) is 7.43. The van der Waals surface area contributed by atoms with Gasteiger partial charge in [0.15, 0.2) is 0 Å². The molecule has 1 N–H and O–H groups in total. The highest BCUT2D eigenvalue weighted by Crippen LogP contribution is 2.58. The molecule has 18 heavy (non-hydrogen) atoms. The molecule has 1 heterocycles. The van der Waals surface area contributed by atoms with E-state index in [1.165, 1.54) is 57.9 Å². The molecule has 1 saturated heterocycles. The summed E-state index contributed by atoms with van der Waals surface area (Å²) in [4.78, 5) is 0. The van der Waals surface area contributed by atoms with Crippen molar-refractivity contribution in [2.24, 2.45) is 16.7 Å². The van der Waals surface area contributed by atoms with Crippen LogP contribution < -0.4 is 5.32 Å². The van der Waals surface area contributed by atoms with Gasteiger partial charge in [-0.15, -0.1) is 0 Å². The molecule has 4 atom stereocenters. The highest BCUT2D eigenvalue weighted by Gasteiger charge is 2.49. The second-order valence-corrected chi connectivity index (χ2v) is 7.43. The zero-order valence-electron chi connectivity index (χ0n) is 13.0. The fourth-order valence-corrected chi connectivity index (χ4v) is 5.00. The fraction of sp³-hybridized carbons (Fsp3) is 1.00. The first-order valence-corrected chi connectivity index (χ1v) is 8.28. The third kappa shape index (κ3) is 2.48. The summed E-state index contributed by atoms with van der Waals surface area (Å²) < 4.78 is 0. The van der Waals surface area contributed by atoms with Crippen molar-refractivity contribution in [3.05, 3.63) is 0 Å². The summed E-state index contributed by atoms with van der Waals surface area (Å²) in [6.45, 7) is 11.1. The van der Waals surface area contributed by atoms with Crippen LogP contribution in [0.2, 0.25) is 0 Å². The number of hydrogen-bond acceptors (Lipinski definition) is 1. The Balaban J connectivity index is 2.29. The number of rotatable bonds is 2. The fourth-order valence-electron chi connectivity index (χ4n) is 5.00. The molecule has 1 nitrogen and oxygen atoms in total. The lowest BCUT2D eigenvalue weighted by molar-refractivity contribution is -0.0460. The third-order valence-corrected chi connectivity index (χ3v) is 6.27. The molecule has 1 heteroatoms. The van der Waals surface area contributed by atoms with Gasteiger partial charge in [-0.2, -0.15) is 0 Å². The molecule has 0 aromatic carbocycles. The van der Waals surface area contributed by atoms with E-state index in [2.05, 4.69) is 33.0 Å². The van der Waals surface area contributed by atoms with Crippen LogP contribution in [0.5, 0.6) is 0 Å². The van der Waals surface area contributed by atoms with E-state index in [0.717, 1.165) is 12.0 Å². The maximum Gasteiger partial charge on any atom is 0.00700 e. The molecule has 0 spiro atoms. The van der Waals surface area contributed by atoms with E-state index in [1.807, 2.05) is 0 Å². The van der Waals surface area contributed by atoms with Crippen molar-refractivity contribution < 1.29 is 0 Å². The summed E-state index contributed by atoms with van der Waals surface area (Å²) in [5, 5.41) is 3.83. The summed E-state index contributed by atoms with van der Waals surface area (Å²) >= 11 is 0. The van der Waals surface area contributed by atoms with E-state index in [0.29, 0.717) is 10.8 Å². The van der Waals surface area contributed by atoms with Gasteiger partial charge in [0.25, 0.3) is 0 Å². The molecule has 0 radical (unpaired) electrons. The lowest BCUT2D eigenvalue weighted by atomic mass is 9.51. The van der Waals surface area contributed by atoms with Crippen molar-refractivity contribution >= 4 is 0 Å². The molecule has 4 unspecified atom stereocenters. The Labute approximate surface area is 114 Å². The van der Waals surface area contributed by atoms with Crippen LogP contribution in [0.4, 0.5) is 0 Å². The van der Waals surface area contributed by atoms with Crippen LogP contribution in [-0.4, -0.2) is 12.6 Å². The van der Waals surface area contributed by atoms with Crippen molar-refractivity contribution in [3.8, 4) is 0 Å². The van der Waals surface area contributed by atoms with Gasteiger partial charge in [0.05, 0.1) is 0 Å². The number of hydrogen-bond donors (Lipinski definition) is 1. The molecule has 2 aliphatic rings. The summed E-state index contributed by atoms with van der Waals surface area (Å²) in [6, 6.07) is 0.755. The van der Waals surface area contributed by atoms with Crippen LogP contribution in [0, 0.1) is 16.7 Å². The second kappa shape index (κ2) is 5.53. The van der Waals surface area contributed by atoms with Gasteiger partial charge in [-0.25, -0.2) is 0 Å². The van der Waals surface area contributed by atoms with Crippen LogP contribution in [0.1, 0.15) is 79.1 Å². The zero-order valence-corrected chi connectivity index (χ0v) is 13.0. The van der Waals surface area contributed by atoms with Gasteiger partial charge in [0.1, 0.15) is 0 Å². The largest absolute Gasteiger partial charge is 0.314 e. The van der Waals surface area contributed by atoms with E-state index in [-0.39, 0.29) is 0 Å². The SMILES string of the molecule is CCC1CC2(CC)CCCCC2(C)CC(C)CN1. The van der Waals surface area contributed by atoms with Crippen LogP contribution in [0.15, 0.2) is 0 Å². The van der Waals surface area contributed by atoms with Crippen molar-refractivity contribution in [2.75, 3.05) is 6.54 Å². The van der Waals surface area contributed by atoms with Crippen molar-refractivity contribution in [1.82, 2.24) is 5.32 Å². The minimum absolute atomic E-state index is 0.606. The Kier molecular flexibility index (Phi) is 4.41. The summed E-state index contributed by atoms with van der Waals surface area (Å²) in [5.74, 6) is 0.841. The van der Waals surface area contributed by atoms with E-state index in [9.17, 15) is 0 Å². The average Bonchev–Trinajstić information content (AvgIpc) is 2.35. The van der Waals surface area contributed by atoms with Crippen LogP contribution in [0.3, 0.4) is 0 Å². The van der Waals surface area contributed by atoms with Gasteiger partial charge in [0.2, 0.25) is 0 Å². The number of fused-ring (bicyclic) bond motifs is 1. The first kappa shape index (κ1) is 14.4. The molecule has 0 bridgehead atoms. The molecule has 0 aromatic heterocycles. The summed E-state index contributed by atoms with van der Waals surface area (Å²) in [7, 11) is 0. The van der Waals surface area contributed by atoms with E-state index < -0.39 is 0 Å². The predicted molar refractivity (Wildman–Crippen MR) is 79.8 cm³/mol. The normalized spacial score (nSPS) is 46.0. The highest BCUT2D eigenvalue weighted by molar-refractivity contribution is 5.01. The highest BCUT2D eigenvalue weighted by atomic mass is 14.9. The lowest BCUT2D eigenvalue weighted by Crippen LogP contribution is -2.51. The standard InChI is InChI=1S/C17H33N/c1-5-15-12-17(6-2)10-8-7-9-16(17,4)11-14(3)13-18-15/h14-15,18H,5-13H2,1-4H3. The van der Waals surface area contributed by atoms with E-state index >= 15 is 0 Å². The monoisotopic (exact) mass is 251 g/mol. The van der Waals surface area contributed by atoms with Crippen LogP contribution in [0.25, 0.3) is 0 Å². The Morgan fingerprint density at radius 1 is 1.11 bits per heavy atom. The predicted octanol–water partition coefficient (Wildman–Crippen LogP) is 4.76. The first-order chi connectivity index (χ1) is 8.55. The molecular weight excluding hydrogens is 218 g/mol. The average molecular weight is 251 g/mol. The maximum atomic E-state index is 3.83. The summed E-state index contributed by atoms with van der Waals surface area (Å²) in [6.07, 6.45) is 11.4. The molecule has 1 aliphatic carbocycles. The summed E-state index contributed by atoms with van der Waals surface area (Å²) in [5.41, 5.74) is 1.22. The Morgan fingerprint density at radius 3 is 2.50 bits per heavy atom. The molecule has 1 aliphatic heterocycles. The maximum absolute atomic E-state index is 3.83. The molecule has 1 saturated carbocycles. The minimum atomic E-state index is 0.606. The van der Waals surface area contributed by atoms with E-state index in [4.69, 9.17) is 0 Å². The molecule has 0 aromatic rings. The molecular formula is C17H33N. The van der Waals surface area contributed by atoms with Crippen molar-refractivity contribution in [3.63, 3.8) is 0 Å². The quantitative estimate of drug-likeness (QED) is 0.746. The number of nitrogens with one attached hydrogen (secondary N) is 1. The molecule has 0 amide bonds. The van der Waals surface area contributed by atoms with Crippen molar-refractivity contribution in [1.29, 1.82) is 0 Å². The van der Waals surface area contributed by atoms with Gasteiger partial charge in [0, 0.05) is 6.04 Å². The van der Waals surface area contributed by atoms with Gasteiger partial charge >= 0.3 is 0 Å². The third-order valence-electron chi connectivity index (χ3n) is 6.27. The van der Waals surface area contributed by atoms with Gasteiger partial charge in [-0.05, 0) is 61.8 Å². The first-order valence-electron chi connectivity index (χ1n) is 8.28. The lowest BCUT2D eigenvalue weighted by Gasteiger charge is -2.56. The zero-order chi connectivity index (χ0) is 13.2. The van der Waals surface area contributed by atoms with Gasteiger partial charge < -0.3 is 5.32 Å². The van der Waals surface area contributed by atoms with E-state index in [1.54, 1.807) is 0 Å². The minimum Gasteiger partial charge on any atom is -0.314 e. The van der Waals surface area contributed by atoms with Crippen LogP contribution in [-0.2, 0) is 0 Å². The smallest absolute Gasteiger partial charge is 0.00700 e. The van der Waals surface area contributed by atoms with Gasteiger partial charge in [-0.1, -0.05) is 40.5 Å². The van der Waals surface area contributed by atoms with Gasteiger partial charge in [-0.3, -0.25) is 0 Å². The Hall–Kier alpha value is -0.0400. The molecule has 2 rings (SSSR count). The Morgan fingerprint density at radius 2 is 1.83 bits per heavy atom. The topological polar surface area (TPSA) is 12.0 Å². The van der Waals surface area contributed by atoms with Crippen molar-refractivity contribution in [2.45, 2.75) is 85.1 Å². The molecule has 2 fully saturated rings.